The monoisotopic (exact) mass is 372 g/mol. The molecule has 146 valence electrons. The first-order chi connectivity index (χ1) is 13.6. The predicted molar refractivity (Wildman–Crippen MR) is 122 cm³/mol. The summed E-state index contributed by atoms with van der Waals surface area (Å²) in [4.78, 5) is 0. The Balaban J connectivity index is 1.99. The van der Waals surface area contributed by atoms with Crippen LogP contribution in [0.3, 0.4) is 0 Å². The first kappa shape index (κ1) is 20.0. The average molecular weight is 373 g/mol. The van der Waals surface area contributed by atoms with Crippen LogP contribution in [0.1, 0.15) is 59.6 Å². The Labute approximate surface area is 169 Å². The SMILES string of the molecule is CCc1cc(C(CC)c2ccc(C)c(Cc3ccccc3)c2)cc(N)c1NC. The van der Waals surface area contributed by atoms with Gasteiger partial charge < -0.3 is 11.1 Å². The van der Waals surface area contributed by atoms with Crippen LogP contribution in [0.5, 0.6) is 0 Å². The fourth-order valence-corrected chi connectivity index (χ4v) is 4.12. The third-order valence-corrected chi connectivity index (χ3v) is 5.73. The lowest BCUT2D eigenvalue weighted by Gasteiger charge is -2.21. The van der Waals surface area contributed by atoms with Gasteiger partial charge in [0.2, 0.25) is 0 Å². The van der Waals surface area contributed by atoms with Gasteiger partial charge in [-0.3, -0.25) is 0 Å². The molecule has 0 amide bonds. The van der Waals surface area contributed by atoms with Crippen molar-refractivity contribution in [3.8, 4) is 0 Å². The quantitative estimate of drug-likeness (QED) is 0.477. The van der Waals surface area contributed by atoms with Crippen molar-refractivity contribution < 1.29 is 0 Å². The lowest BCUT2D eigenvalue weighted by molar-refractivity contribution is 0.774. The number of hydrogen-bond acceptors (Lipinski definition) is 2. The Bertz CT molecular complexity index is 929. The fourth-order valence-electron chi connectivity index (χ4n) is 4.12. The molecule has 0 bridgehead atoms. The van der Waals surface area contributed by atoms with Crippen LogP contribution < -0.4 is 11.1 Å². The molecule has 3 aromatic rings. The number of nitrogens with one attached hydrogen (secondary N) is 1. The summed E-state index contributed by atoms with van der Waals surface area (Å²) in [5, 5.41) is 3.26. The van der Waals surface area contributed by atoms with Gasteiger partial charge in [-0.05, 0) is 65.6 Å². The van der Waals surface area contributed by atoms with Gasteiger partial charge in [-0.25, -0.2) is 0 Å². The third kappa shape index (κ3) is 4.22. The molecule has 0 aliphatic carbocycles. The van der Waals surface area contributed by atoms with Gasteiger partial charge in [0, 0.05) is 13.0 Å². The van der Waals surface area contributed by atoms with Gasteiger partial charge in [-0.15, -0.1) is 0 Å². The molecule has 0 saturated carbocycles. The molecule has 0 aromatic heterocycles. The van der Waals surface area contributed by atoms with E-state index in [2.05, 4.69) is 86.8 Å². The molecule has 0 saturated heterocycles. The van der Waals surface area contributed by atoms with Crippen LogP contribution in [0.15, 0.2) is 60.7 Å². The van der Waals surface area contributed by atoms with E-state index in [-0.39, 0.29) is 0 Å². The first-order valence-electron chi connectivity index (χ1n) is 10.3. The van der Waals surface area contributed by atoms with Crippen LogP contribution in [0.2, 0.25) is 0 Å². The average Bonchev–Trinajstić information content (AvgIpc) is 2.71. The Morgan fingerprint density at radius 1 is 0.893 bits per heavy atom. The minimum Gasteiger partial charge on any atom is -0.397 e. The molecule has 0 aliphatic rings. The highest BCUT2D eigenvalue weighted by molar-refractivity contribution is 5.72. The molecule has 3 aromatic carbocycles. The Morgan fingerprint density at radius 3 is 2.25 bits per heavy atom. The van der Waals surface area contributed by atoms with Crippen LogP contribution in [-0.2, 0) is 12.8 Å². The highest BCUT2D eigenvalue weighted by Gasteiger charge is 2.17. The van der Waals surface area contributed by atoms with Crippen LogP contribution in [0.4, 0.5) is 11.4 Å². The van der Waals surface area contributed by atoms with E-state index in [1.54, 1.807) is 0 Å². The number of rotatable bonds is 7. The number of hydrogen-bond donors (Lipinski definition) is 2. The summed E-state index contributed by atoms with van der Waals surface area (Å²) in [7, 11) is 1.94. The topological polar surface area (TPSA) is 38.0 Å². The smallest absolute Gasteiger partial charge is 0.0603 e. The second-order valence-electron chi connectivity index (χ2n) is 7.56. The molecule has 1 atom stereocenters. The maximum absolute atomic E-state index is 6.37. The predicted octanol–water partition coefficient (Wildman–Crippen LogP) is 6.31. The third-order valence-electron chi connectivity index (χ3n) is 5.73. The highest BCUT2D eigenvalue weighted by Crippen LogP contribution is 2.35. The number of anilines is 2. The van der Waals surface area contributed by atoms with Crippen LogP contribution in [-0.4, -0.2) is 7.05 Å². The van der Waals surface area contributed by atoms with Crippen LogP contribution in [0, 0.1) is 6.92 Å². The van der Waals surface area contributed by atoms with E-state index >= 15 is 0 Å². The number of nitrogen functional groups attached to an aromatic ring is 1. The fraction of sp³-hybridized carbons (Fsp3) is 0.308. The Kier molecular flexibility index (Phi) is 6.41. The standard InChI is InChI=1S/C26H32N2/c1-5-20-15-23(17-25(27)26(20)28-4)24(6-2)21-13-12-18(3)22(16-21)14-19-10-8-7-9-11-19/h7-13,15-17,24,28H,5-6,14,27H2,1-4H3. The zero-order chi connectivity index (χ0) is 20.1. The van der Waals surface area contributed by atoms with Crippen molar-refractivity contribution in [3.05, 3.63) is 94.0 Å². The second-order valence-corrected chi connectivity index (χ2v) is 7.56. The van der Waals surface area contributed by atoms with Gasteiger partial charge in [0.15, 0.2) is 0 Å². The summed E-state index contributed by atoms with van der Waals surface area (Å²) in [5.74, 6) is 0.355. The zero-order valence-electron chi connectivity index (χ0n) is 17.5. The van der Waals surface area contributed by atoms with E-state index in [1.807, 2.05) is 7.05 Å². The van der Waals surface area contributed by atoms with Gasteiger partial charge in [0.25, 0.3) is 0 Å². The van der Waals surface area contributed by atoms with Gasteiger partial charge in [0.05, 0.1) is 11.4 Å². The van der Waals surface area contributed by atoms with E-state index in [0.717, 1.165) is 30.6 Å². The van der Waals surface area contributed by atoms with Gasteiger partial charge in [-0.1, -0.05) is 68.4 Å². The number of nitrogens with two attached hydrogens (primary N) is 1. The largest absolute Gasteiger partial charge is 0.397 e. The molecule has 0 radical (unpaired) electrons. The molecular formula is C26H32N2. The lowest BCUT2D eigenvalue weighted by atomic mass is 9.85. The molecule has 3 rings (SSSR count). The van der Waals surface area contributed by atoms with E-state index in [1.165, 1.54) is 33.4 Å². The molecule has 1 unspecified atom stereocenters. The van der Waals surface area contributed by atoms with Gasteiger partial charge >= 0.3 is 0 Å². The molecular weight excluding hydrogens is 340 g/mol. The van der Waals surface area contributed by atoms with E-state index < -0.39 is 0 Å². The van der Waals surface area contributed by atoms with E-state index in [9.17, 15) is 0 Å². The molecule has 3 N–H and O–H groups in total. The summed E-state index contributed by atoms with van der Waals surface area (Å²) in [6.45, 7) is 6.65. The first-order valence-corrected chi connectivity index (χ1v) is 10.3. The lowest BCUT2D eigenvalue weighted by Crippen LogP contribution is -2.06. The minimum absolute atomic E-state index is 0.355. The van der Waals surface area contributed by atoms with Crippen molar-refractivity contribution >= 4 is 11.4 Å². The highest BCUT2D eigenvalue weighted by atomic mass is 14.9. The molecule has 0 heterocycles. The molecule has 28 heavy (non-hydrogen) atoms. The summed E-state index contributed by atoms with van der Waals surface area (Å²) >= 11 is 0. The maximum Gasteiger partial charge on any atom is 0.0603 e. The number of aryl methyl sites for hydroxylation is 2. The van der Waals surface area contributed by atoms with Crippen molar-refractivity contribution in [2.24, 2.45) is 0 Å². The van der Waals surface area contributed by atoms with Crippen molar-refractivity contribution in [2.75, 3.05) is 18.1 Å². The van der Waals surface area contributed by atoms with Crippen molar-refractivity contribution in [1.82, 2.24) is 0 Å². The molecule has 0 aliphatic heterocycles. The zero-order valence-corrected chi connectivity index (χ0v) is 17.5. The van der Waals surface area contributed by atoms with Crippen molar-refractivity contribution in [1.29, 1.82) is 0 Å². The minimum atomic E-state index is 0.355. The number of benzene rings is 3. The summed E-state index contributed by atoms with van der Waals surface area (Å²) in [6.07, 6.45) is 2.99. The van der Waals surface area contributed by atoms with E-state index in [0.29, 0.717) is 5.92 Å². The molecule has 0 spiro atoms. The Morgan fingerprint density at radius 2 is 1.61 bits per heavy atom. The van der Waals surface area contributed by atoms with Gasteiger partial charge in [-0.2, -0.15) is 0 Å². The Hall–Kier alpha value is -2.74. The van der Waals surface area contributed by atoms with E-state index in [4.69, 9.17) is 5.73 Å². The normalized spacial score (nSPS) is 12.0. The summed E-state index contributed by atoms with van der Waals surface area (Å²) < 4.78 is 0. The van der Waals surface area contributed by atoms with Gasteiger partial charge in [0.1, 0.15) is 0 Å². The molecule has 2 nitrogen and oxygen atoms in total. The van der Waals surface area contributed by atoms with Crippen molar-refractivity contribution in [3.63, 3.8) is 0 Å². The summed E-state index contributed by atoms with van der Waals surface area (Å²) in [6, 6.07) is 22.1. The van der Waals surface area contributed by atoms with Crippen LogP contribution in [0.25, 0.3) is 0 Å². The second kappa shape index (κ2) is 8.97. The maximum atomic E-state index is 6.37. The molecule has 2 heteroatoms. The van der Waals surface area contributed by atoms with Crippen LogP contribution >= 0.6 is 0 Å². The van der Waals surface area contributed by atoms with Crippen molar-refractivity contribution in [2.45, 2.75) is 46.0 Å². The summed E-state index contributed by atoms with van der Waals surface area (Å²) in [5.41, 5.74) is 16.3. The molecule has 0 fully saturated rings.